The topological polar surface area (TPSA) is 206 Å². The summed E-state index contributed by atoms with van der Waals surface area (Å²) in [6.07, 6.45) is 29.9. The van der Waals surface area contributed by atoms with Gasteiger partial charge in [-0.1, -0.05) is 212 Å². The second-order valence-corrected chi connectivity index (χ2v) is 19.1. The molecule has 0 bridgehead atoms. The minimum atomic E-state index is -5.08. The Morgan fingerprint density at radius 2 is 0.883 bits per heavy atom. The molecule has 1 aliphatic rings. The van der Waals surface area contributed by atoms with Gasteiger partial charge in [0, 0.05) is 6.42 Å². The van der Waals surface area contributed by atoms with Gasteiger partial charge in [-0.05, 0) is 19.3 Å². The molecule has 0 aromatic carbocycles. The molecule has 1 saturated carbocycles. The van der Waals surface area contributed by atoms with Crippen LogP contribution in [-0.4, -0.2) is 96.8 Å². The fourth-order valence-electron chi connectivity index (χ4n) is 8.02. The van der Waals surface area contributed by atoms with Crippen molar-refractivity contribution in [3.05, 3.63) is 12.2 Å². The van der Waals surface area contributed by atoms with Crippen LogP contribution in [0.25, 0.3) is 0 Å². The average molecular weight is 878 g/mol. The first kappa shape index (κ1) is 57.1. The summed E-state index contributed by atoms with van der Waals surface area (Å²) in [5, 5.41) is 64.1. The minimum Gasteiger partial charge on any atom is -0.387 e. The van der Waals surface area contributed by atoms with E-state index in [2.05, 4.69) is 19.2 Å². The largest absolute Gasteiger partial charge is 0.472 e. The molecule has 0 aromatic rings. The van der Waals surface area contributed by atoms with Gasteiger partial charge in [-0.15, -0.1) is 0 Å². The van der Waals surface area contributed by atoms with E-state index in [9.17, 15) is 44.9 Å². The Bertz CT molecular complexity index is 1070. The summed E-state index contributed by atoms with van der Waals surface area (Å²) < 4.78 is 22.9. The molecule has 356 valence electrons. The smallest absolute Gasteiger partial charge is 0.387 e. The van der Waals surface area contributed by atoms with Gasteiger partial charge in [-0.25, -0.2) is 4.57 Å². The highest BCUT2D eigenvalue weighted by molar-refractivity contribution is 7.47. The summed E-state index contributed by atoms with van der Waals surface area (Å²) in [5.74, 6) is -0.337. The van der Waals surface area contributed by atoms with Crippen molar-refractivity contribution in [2.24, 2.45) is 0 Å². The van der Waals surface area contributed by atoms with Crippen LogP contribution in [-0.2, 0) is 18.4 Å². The number of unbranched alkanes of at least 4 members (excludes halogenated alkanes) is 30. The second-order valence-electron chi connectivity index (χ2n) is 17.7. The Balaban J connectivity index is 2.46. The van der Waals surface area contributed by atoms with Crippen molar-refractivity contribution in [3.63, 3.8) is 0 Å². The number of carbonyl (C=O) groups excluding carboxylic acids is 1. The third-order valence-corrected chi connectivity index (χ3v) is 13.1. The maximum absolute atomic E-state index is 13.0. The predicted octanol–water partition coefficient (Wildman–Crippen LogP) is 9.62. The van der Waals surface area contributed by atoms with Crippen LogP contribution in [0.5, 0.6) is 0 Å². The maximum atomic E-state index is 13.0. The fraction of sp³-hybridized carbons (Fsp3) is 0.936. The van der Waals surface area contributed by atoms with Gasteiger partial charge in [-0.2, -0.15) is 0 Å². The lowest BCUT2D eigenvalue weighted by Crippen LogP contribution is -2.64. The lowest BCUT2D eigenvalue weighted by atomic mass is 9.85. The standard InChI is InChI=1S/C47H92NO11P/c1-3-5-7-9-11-13-15-17-19-21-23-25-27-29-31-33-35-37-41(50)48-39(38-58-60(56,57)59-47-45(54)43(52)42(51)44(53)46(47)55)40(49)36-34-32-30-28-26-24-22-20-18-16-14-12-10-8-6-4-2/h34,36,39-40,42-47,49,51-55H,3-33,35,37-38H2,1-2H3,(H,48,50)(H,56,57)/b36-34+/t39-,40+,42?,43+,44?,45?,46?,47?/m0/s1. The van der Waals surface area contributed by atoms with Gasteiger partial charge in [0.2, 0.25) is 5.91 Å². The Labute approximate surface area is 365 Å². The van der Waals surface area contributed by atoms with Crippen molar-refractivity contribution in [2.75, 3.05) is 6.61 Å². The summed E-state index contributed by atoms with van der Waals surface area (Å²) in [7, 11) is -5.08. The van der Waals surface area contributed by atoms with Crippen molar-refractivity contribution in [1.82, 2.24) is 5.32 Å². The van der Waals surface area contributed by atoms with Crippen molar-refractivity contribution in [1.29, 1.82) is 0 Å². The quantitative estimate of drug-likeness (QED) is 0.0165. The maximum Gasteiger partial charge on any atom is 0.472 e. The Morgan fingerprint density at radius 3 is 1.27 bits per heavy atom. The molecule has 13 heteroatoms. The van der Waals surface area contributed by atoms with E-state index in [1.807, 2.05) is 6.08 Å². The molecule has 6 unspecified atom stereocenters. The van der Waals surface area contributed by atoms with Crippen LogP contribution in [0.3, 0.4) is 0 Å². The minimum absolute atomic E-state index is 0.219. The summed E-state index contributed by atoms with van der Waals surface area (Å²) in [4.78, 5) is 23.4. The number of allylic oxidation sites excluding steroid dienone is 1. The first-order valence-electron chi connectivity index (χ1n) is 24.6. The zero-order valence-electron chi connectivity index (χ0n) is 38.0. The van der Waals surface area contributed by atoms with Crippen LogP contribution in [0.4, 0.5) is 0 Å². The normalized spacial score (nSPS) is 22.9. The molecule has 0 heterocycles. The number of carbonyl (C=O) groups is 1. The Hall–Kier alpha value is -0.920. The van der Waals surface area contributed by atoms with E-state index in [4.69, 9.17) is 9.05 Å². The van der Waals surface area contributed by atoms with E-state index in [0.717, 1.165) is 44.9 Å². The van der Waals surface area contributed by atoms with E-state index in [0.29, 0.717) is 6.42 Å². The molecule has 1 rings (SSSR count). The molecule has 60 heavy (non-hydrogen) atoms. The number of aliphatic hydroxyl groups excluding tert-OH is 6. The van der Waals surface area contributed by atoms with Gasteiger partial charge < -0.3 is 40.8 Å². The summed E-state index contributed by atoms with van der Waals surface area (Å²) in [6, 6.07) is -1.11. The van der Waals surface area contributed by atoms with Gasteiger partial charge in [0.15, 0.2) is 0 Å². The van der Waals surface area contributed by atoms with Gasteiger partial charge in [0.05, 0.1) is 18.8 Å². The number of hydrogen-bond donors (Lipinski definition) is 8. The van der Waals surface area contributed by atoms with E-state index in [-0.39, 0.29) is 12.3 Å². The van der Waals surface area contributed by atoms with Crippen LogP contribution in [0, 0.1) is 0 Å². The molecule has 1 fully saturated rings. The molecule has 8 N–H and O–H groups in total. The zero-order chi connectivity index (χ0) is 44.3. The van der Waals surface area contributed by atoms with Crippen molar-refractivity contribution >= 4 is 13.7 Å². The first-order chi connectivity index (χ1) is 28.9. The van der Waals surface area contributed by atoms with Crippen LogP contribution in [0.2, 0.25) is 0 Å². The van der Waals surface area contributed by atoms with Crippen LogP contribution in [0.15, 0.2) is 12.2 Å². The molecule has 0 aromatic heterocycles. The highest BCUT2D eigenvalue weighted by Gasteiger charge is 2.51. The van der Waals surface area contributed by atoms with Gasteiger partial charge in [-0.3, -0.25) is 13.8 Å². The van der Waals surface area contributed by atoms with Crippen molar-refractivity contribution in [2.45, 2.75) is 275 Å². The summed E-state index contributed by atoms with van der Waals surface area (Å²) >= 11 is 0. The number of hydrogen-bond acceptors (Lipinski definition) is 10. The summed E-state index contributed by atoms with van der Waals surface area (Å²) in [5.41, 5.74) is 0. The van der Waals surface area contributed by atoms with Crippen LogP contribution < -0.4 is 5.32 Å². The number of amides is 1. The molecule has 0 radical (unpaired) electrons. The molecule has 9 atom stereocenters. The van der Waals surface area contributed by atoms with Gasteiger partial charge >= 0.3 is 7.82 Å². The van der Waals surface area contributed by atoms with Crippen molar-refractivity contribution < 1.29 is 53.9 Å². The number of phosphoric ester groups is 1. The highest BCUT2D eigenvalue weighted by atomic mass is 31.2. The molecule has 0 spiro atoms. The molecule has 1 amide bonds. The number of phosphoric acid groups is 1. The third-order valence-electron chi connectivity index (χ3n) is 12.1. The molecule has 1 aliphatic carbocycles. The average Bonchev–Trinajstić information content (AvgIpc) is 3.23. The molecular formula is C47H92NO11P. The van der Waals surface area contributed by atoms with Crippen LogP contribution >= 0.6 is 7.82 Å². The second kappa shape index (κ2) is 37.5. The van der Waals surface area contributed by atoms with Gasteiger partial charge in [0.25, 0.3) is 0 Å². The van der Waals surface area contributed by atoms with E-state index in [1.165, 1.54) is 160 Å². The number of rotatable bonds is 41. The monoisotopic (exact) mass is 878 g/mol. The van der Waals surface area contributed by atoms with Crippen LogP contribution in [0.1, 0.15) is 226 Å². The molecular weight excluding hydrogens is 785 g/mol. The van der Waals surface area contributed by atoms with E-state index >= 15 is 0 Å². The Kier molecular flexibility index (Phi) is 35.6. The molecule has 12 nitrogen and oxygen atoms in total. The van der Waals surface area contributed by atoms with Crippen molar-refractivity contribution in [3.8, 4) is 0 Å². The number of nitrogens with one attached hydrogen (secondary N) is 1. The fourth-order valence-corrected chi connectivity index (χ4v) is 8.99. The number of aliphatic hydroxyl groups is 6. The predicted molar refractivity (Wildman–Crippen MR) is 241 cm³/mol. The molecule has 0 saturated heterocycles. The van der Waals surface area contributed by atoms with Gasteiger partial charge in [0.1, 0.15) is 36.6 Å². The lowest BCUT2D eigenvalue weighted by Gasteiger charge is -2.41. The first-order valence-corrected chi connectivity index (χ1v) is 26.1. The lowest BCUT2D eigenvalue weighted by molar-refractivity contribution is -0.220. The Morgan fingerprint density at radius 1 is 0.550 bits per heavy atom. The zero-order valence-corrected chi connectivity index (χ0v) is 38.9. The van der Waals surface area contributed by atoms with E-state index in [1.54, 1.807) is 0 Å². The third kappa shape index (κ3) is 28.7. The summed E-state index contributed by atoms with van der Waals surface area (Å²) in [6.45, 7) is 3.86. The van der Waals surface area contributed by atoms with E-state index < -0.39 is 63.2 Å². The highest BCUT2D eigenvalue weighted by Crippen LogP contribution is 2.47. The SMILES string of the molecule is CCCCCCCCCCCCCCCC/C=C/[C@@H](O)[C@H](COP(=O)(O)OC1C(O)C(O)C(O)[C@@H](O)C1O)NC(=O)CCCCCCCCCCCCCCCCCCC. The molecule has 0 aliphatic heterocycles.